The van der Waals surface area contributed by atoms with Crippen LogP contribution in [0.25, 0.3) is 0 Å². The van der Waals surface area contributed by atoms with Gasteiger partial charge in [0.05, 0.1) is 23.5 Å². The van der Waals surface area contributed by atoms with Gasteiger partial charge in [0.15, 0.2) is 0 Å². The highest BCUT2D eigenvalue weighted by Gasteiger charge is 2.09. The van der Waals surface area contributed by atoms with Crippen molar-refractivity contribution >= 4 is 17.3 Å². The largest absolute Gasteiger partial charge is 0.494 e. The molecule has 0 aliphatic rings. The van der Waals surface area contributed by atoms with Crippen molar-refractivity contribution in [2.75, 3.05) is 6.61 Å². The molecule has 0 heterocycles. The van der Waals surface area contributed by atoms with Gasteiger partial charge >= 0.3 is 5.97 Å². The Morgan fingerprint density at radius 2 is 1.35 bits per heavy atom. The van der Waals surface area contributed by atoms with E-state index in [9.17, 15) is 4.79 Å². The van der Waals surface area contributed by atoms with E-state index in [0.717, 1.165) is 24.3 Å². The van der Waals surface area contributed by atoms with E-state index >= 15 is 0 Å². The Morgan fingerprint density at radius 1 is 0.765 bits per heavy atom. The second-order valence-electron chi connectivity index (χ2n) is 8.42. The molecule has 0 radical (unpaired) electrons. The van der Waals surface area contributed by atoms with Gasteiger partial charge < -0.3 is 9.47 Å². The van der Waals surface area contributed by atoms with Gasteiger partial charge in [0, 0.05) is 0 Å². The summed E-state index contributed by atoms with van der Waals surface area (Å²) < 4.78 is 11.2. The van der Waals surface area contributed by atoms with Gasteiger partial charge in [-0.1, -0.05) is 52.2 Å². The van der Waals surface area contributed by atoms with Crippen molar-refractivity contribution in [2.24, 2.45) is 10.2 Å². The standard InChI is InChI=1S/C29H34N2O3/c1-4-6-7-8-21-33-27-17-11-24(12-18-27)29(32)34-28-19-15-26(16-20-28)31-30-25-13-9-23(10-14-25)22(3)5-2/h9-20,22H,4-8,21H2,1-3H3/t22-/m0/s1. The fourth-order valence-corrected chi connectivity index (χ4v) is 3.37. The summed E-state index contributed by atoms with van der Waals surface area (Å²) in [4.78, 5) is 12.4. The summed E-state index contributed by atoms with van der Waals surface area (Å²) in [5.41, 5.74) is 3.27. The molecule has 34 heavy (non-hydrogen) atoms. The molecule has 0 aliphatic heterocycles. The Morgan fingerprint density at radius 3 is 1.94 bits per heavy atom. The monoisotopic (exact) mass is 458 g/mol. The zero-order chi connectivity index (χ0) is 24.2. The Kier molecular flexibility index (Phi) is 9.83. The Hall–Kier alpha value is -3.47. The molecule has 0 aromatic heterocycles. The zero-order valence-corrected chi connectivity index (χ0v) is 20.4. The second kappa shape index (κ2) is 13.3. The minimum atomic E-state index is -0.412. The predicted molar refractivity (Wildman–Crippen MR) is 137 cm³/mol. The minimum Gasteiger partial charge on any atom is -0.494 e. The van der Waals surface area contributed by atoms with Crippen LogP contribution in [0.1, 0.15) is 74.7 Å². The molecule has 0 N–H and O–H groups in total. The molecule has 0 unspecified atom stereocenters. The second-order valence-corrected chi connectivity index (χ2v) is 8.42. The molecule has 0 amide bonds. The van der Waals surface area contributed by atoms with E-state index in [1.165, 1.54) is 24.8 Å². The molecule has 178 valence electrons. The number of nitrogens with zero attached hydrogens (tertiary/aromatic N) is 2. The third kappa shape index (κ3) is 7.84. The smallest absolute Gasteiger partial charge is 0.343 e. The molecule has 0 aliphatic carbocycles. The van der Waals surface area contributed by atoms with Gasteiger partial charge in [0.2, 0.25) is 0 Å². The van der Waals surface area contributed by atoms with E-state index in [2.05, 4.69) is 43.1 Å². The maximum Gasteiger partial charge on any atom is 0.343 e. The normalized spacial score (nSPS) is 12.0. The van der Waals surface area contributed by atoms with Crippen molar-refractivity contribution < 1.29 is 14.3 Å². The van der Waals surface area contributed by atoms with Crippen LogP contribution >= 0.6 is 0 Å². The van der Waals surface area contributed by atoms with E-state index in [1.54, 1.807) is 48.5 Å². The number of ether oxygens (including phenoxy) is 2. The number of esters is 1. The number of hydrogen-bond donors (Lipinski definition) is 0. The van der Waals surface area contributed by atoms with Crippen LogP contribution in [-0.2, 0) is 0 Å². The maximum atomic E-state index is 12.4. The van der Waals surface area contributed by atoms with Crippen LogP contribution in [0.2, 0.25) is 0 Å². The van der Waals surface area contributed by atoms with Crippen molar-refractivity contribution in [2.45, 2.75) is 58.8 Å². The molecule has 5 nitrogen and oxygen atoms in total. The van der Waals surface area contributed by atoms with Crippen LogP contribution in [0.15, 0.2) is 83.0 Å². The van der Waals surface area contributed by atoms with Crippen LogP contribution in [0.5, 0.6) is 11.5 Å². The van der Waals surface area contributed by atoms with Crippen molar-refractivity contribution in [3.63, 3.8) is 0 Å². The molecule has 0 bridgehead atoms. The molecule has 3 aromatic carbocycles. The third-order valence-electron chi connectivity index (χ3n) is 5.76. The van der Waals surface area contributed by atoms with Gasteiger partial charge in [-0.15, -0.1) is 0 Å². The summed E-state index contributed by atoms with van der Waals surface area (Å²) in [6.45, 7) is 7.27. The molecule has 0 spiro atoms. The molecule has 0 fully saturated rings. The highest BCUT2D eigenvalue weighted by Crippen LogP contribution is 2.25. The average molecular weight is 459 g/mol. The highest BCUT2D eigenvalue weighted by molar-refractivity contribution is 5.91. The summed E-state index contributed by atoms with van der Waals surface area (Å²) in [7, 11) is 0. The summed E-state index contributed by atoms with van der Waals surface area (Å²) in [6.07, 6.45) is 5.75. The van der Waals surface area contributed by atoms with Crippen molar-refractivity contribution in [3.05, 3.63) is 83.9 Å². The number of unbranched alkanes of at least 4 members (excludes halogenated alkanes) is 3. The maximum absolute atomic E-state index is 12.4. The molecule has 3 aromatic rings. The lowest BCUT2D eigenvalue weighted by Crippen LogP contribution is -2.08. The van der Waals surface area contributed by atoms with Gasteiger partial charge in [-0.05, 0) is 85.0 Å². The third-order valence-corrected chi connectivity index (χ3v) is 5.76. The van der Waals surface area contributed by atoms with Crippen LogP contribution in [0.3, 0.4) is 0 Å². The van der Waals surface area contributed by atoms with Crippen LogP contribution in [0, 0.1) is 0 Å². The molecular formula is C29H34N2O3. The van der Waals surface area contributed by atoms with Crippen LogP contribution < -0.4 is 9.47 Å². The molecule has 0 saturated heterocycles. The fourth-order valence-electron chi connectivity index (χ4n) is 3.37. The minimum absolute atomic E-state index is 0.412. The molecule has 5 heteroatoms. The van der Waals surface area contributed by atoms with Crippen molar-refractivity contribution in [3.8, 4) is 11.5 Å². The number of azo groups is 1. The molecular weight excluding hydrogens is 424 g/mol. The van der Waals surface area contributed by atoms with E-state index in [4.69, 9.17) is 9.47 Å². The summed E-state index contributed by atoms with van der Waals surface area (Å²) in [5, 5.41) is 8.56. The van der Waals surface area contributed by atoms with E-state index in [-0.39, 0.29) is 0 Å². The number of hydrogen-bond acceptors (Lipinski definition) is 5. The van der Waals surface area contributed by atoms with Crippen LogP contribution in [-0.4, -0.2) is 12.6 Å². The lowest BCUT2D eigenvalue weighted by Gasteiger charge is -2.08. The van der Waals surface area contributed by atoms with Crippen molar-refractivity contribution in [1.29, 1.82) is 0 Å². The lowest BCUT2D eigenvalue weighted by atomic mass is 9.99. The van der Waals surface area contributed by atoms with Gasteiger partial charge in [0.1, 0.15) is 11.5 Å². The van der Waals surface area contributed by atoms with Crippen LogP contribution in [0.4, 0.5) is 11.4 Å². The quantitative estimate of drug-likeness (QED) is 0.118. The lowest BCUT2D eigenvalue weighted by molar-refractivity contribution is 0.0734. The summed E-state index contributed by atoms with van der Waals surface area (Å²) in [5.74, 6) is 1.34. The number of benzene rings is 3. The first-order valence-corrected chi connectivity index (χ1v) is 12.2. The fraction of sp³-hybridized carbons (Fsp3) is 0.345. The van der Waals surface area contributed by atoms with E-state index < -0.39 is 5.97 Å². The first-order chi connectivity index (χ1) is 16.6. The van der Waals surface area contributed by atoms with Gasteiger partial charge in [-0.25, -0.2) is 4.79 Å². The molecule has 1 atom stereocenters. The van der Waals surface area contributed by atoms with Gasteiger partial charge in [-0.3, -0.25) is 0 Å². The zero-order valence-electron chi connectivity index (χ0n) is 20.4. The number of carbonyl (C=O) groups is 1. The first-order valence-electron chi connectivity index (χ1n) is 12.2. The summed E-state index contributed by atoms with van der Waals surface area (Å²) in [6, 6.07) is 22.2. The average Bonchev–Trinajstić information content (AvgIpc) is 2.88. The molecule has 0 saturated carbocycles. The van der Waals surface area contributed by atoms with Crippen molar-refractivity contribution in [1.82, 2.24) is 0 Å². The Labute approximate surface area is 202 Å². The Balaban J connectivity index is 1.50. The number of rotatable bonds is 12. The van der Waals surface area contributed by atoms with E-state index in [0.29, 0.717) is 29.5 Å². The molecule has 3 rings (SSSR count). The summed E-state index contributed by atoms with van der Waals surface area (Å²) >= 11 is 0. The SMILES string of the molecule is CCCCCCOc1ccc(C(=O)Oc2ccc(N=Nc3ccc([C@@H](C)CC)cc3)cc2)cc1. The van der Waals surface area contributed by atoms with E-state index in [1.807, 2.05) is 12.1 Å². The topological polar surface area (TPSA) is 60.2 Å². The van der Waals surface area contributed by atoms with Gasteiger partial charge in [-0.2, -0.15) is 10.2 Å². The number of carbonyl (C=O) groups excluding carboxylic acids is 1. The highest BCUT2D eigenvalue weighted by atomic mass is 16.5. The predicted octanol–water partition coefficient (Wildman–Crippen LogP) is 8.79. The Bertz CT molecular complexity index is 1040. The van der Waals surface area contributed by atoms with Gasteiger partial charge in [0.25, 0.3) is 0 Å². The first kappa shape index (κ1) is 25.2.